The second-order valence-electron chi connectivity index (χ2n) is 4.35. The van der Waals surface area contributed by atoms with E-state index in [4.69, 9.17) is 0 Å². The van der Waals surface area contributed by atoms with Crippen LogP contribution in [-0.4, -0.2) is 23.6 Å². The van der Waals surface area contributed by atoms with Crippen molar-refractivity contribution in [3.63, 3.8) is 0 Å². The number of rotatable bonds is 3. The zero-order valence-electron chi connectivity index (χ0n) is 9.70. The van der Waals surface area contributed by atoms with Gasteiger partial charge in [0.15, 0.2) is 0 Å². The van der Waals surface area contributed by atoms with Crippen LogP contribution < -0.4 is 10.6 Å². The van der Waals surface area contributed by atoms with Crippen molar-refractivity contribution in [1.82, 2.24) is 15.2 Å². The zero-order chi connectivity index (χ0) is 11.4. The van der Waals surface area contributed by atoms with E-state index in [2.05, 4.69) is 10.6 Å². The molecule has 1 amide bonds. The lowest BCUT2D eigenvalue weighted by molar-refractivity contribution is -0.125. The Balaban J connectivity index is 1.81. The van der Waals surface area contributed by atoms with E-state index in [9.17, 15) is 4.79 Å². The Kier molecular flexibility index (Phi) is 3.62. The molecule has 0 bridgehead atoms. The predicted molar refractivity (Wildman–Crippen MR) is 62.9 cm³/mol. The largest absolute Gasteiger partial charge is 0.353 e. The van der Waals surface area contributed by atoms with E-state index in [0.717, 1.165) is 31.6 Å². The van der Waals surface area contributed by atoms with Crippen LogP contribution in [0.3, 0.4) is 0 Å². The minimum Gasteiger partial charge on any atom is -0.353 e. The topological polar surface area (TPSA) is 46.1 Å². The monoisotopic (exact) mass is 221 g/mol. The highest BCUT2D eigenvalue weighted by molar-refractivity contribution is 5.78. The molecule has 1 aromatic heterocycles. The number of aryl methyl sites for hydroxylation is 1. The van der Waals surface area contributed by atoms with E-state index in [-0.39, 0.29) is 11.8 Å². The third kappa shape index (κ3) is 2.64. The van der Waals surface area contributed by atoms with Crippen LogP contribution in [0.1, 0.15) is 18.5 Å². The maximum absolute atomic E-state index is 11.9. The summed E-state index contributed by atoms with van der Waals surface area (Å²) in [6.07, 6.45) is 3.91. The minimum atomic E-state index is 0.196. The number of carbonyl (C=O) groups excluding carboxylic acids is 1. The van der Waals surface area contributed by atoms with Gasteiger partial charge in [-0.25, -0.2) is 0 Å². The van der Waals surface area contributed by atoms with Gasteiger partial charge in [0, 0.05) is 24.9 Å². The van der Waals surface area contributed by atoms with Crippen LogP contribution in [0, 0.1) is 5.92 Å². The van der Waals surface area contributed by atoms with Gasteiger partial charge in [0.05, 0.1) is 6.54 Å². The maximum atomic E-state index is 11.9. The van der Waals surface area contributed by atoms with Crippen molar-refractivity contribution in [2.45, 2.75) is 19.4 Å². The van der Waals surface area contributed by atoms with Gasteiger partial charge in [-0.1, -0.05) is 0 Å². The molecule has 1 aromatic rings. The first-order chi connectivity index (χ1) is 7.77. The normalized spacial score (nSPS) is 17.3. The number of piperidine rings is 1. The average molecular weight is 221 g/mol. The molecule has 0 unspecified atom stereocenters. The molecule has 2 heterocycles. The lowest BCUT2D eigenvalue weighted by Gasteiger charge is -2.21. The Morgan fingerprint density at radius 2 is 2.31 bits per heavy atom. The van der Waals surface area contributed by atoms with Crippen LogP contribution in [-0.2, 0) is 18.4 Å². The molecule has 0 aliphatic carbocycles. The fourth-order valence-corrected chi connectivity index (χ4v) is 2.09. The van der Waals surface area contributed by atoms with Crippen LogP contribution in [0.25, 0.3) is 0 Å². The third-order valence-corrected chi connectivity index (χ3v) is 3.21. The first kappa shape index (κ1) is 11.2. The number of amides is 1. The van der Waals surface area contributed by atoms with Crippen LogP contribution in [0.5, 0.6) is 0 Å². The molecule has 4 nitrogen and oxygen atoms in total. The van der Waals surface area contributed by atoms with Gasteiger partial charge in [-0.3, -0.25) is 4.79 Å². The number of hydrogen-bond donors (Lipinski definition) is 2. The Bertz CT molecular complexity index is 353. The highest BCUT2D eigenvalue weighted by Gasteiger charge is 2.20. The first-order valence-electron chi connectivity index (χ1n) is 5.86. The predicted octanol–water partition coefficient (Wildman–Crippen LogP) is 0.641. The van der Waals surface area contributed by atoms with Crippen LogP contribution in [0.15, 0.2) is 18.3 Å². The van der Waals surface area contributed by atoms with E-state index in [1.54, 1.807) is 0 Å². The van der Waals surface area contributed by atoms with E-state index in [1.807, 2.05) is 29.9 Å². The summed E-state index contributed by atoms with van der Waals surface area (Å²) in [6, 6.07) is 4.02. The van der Waals surface area contributed by atoms with Crippen LogP contribution >= 0.6 is 0 Å². The van der Waals surface area contributed by atoms with E-state index in [1.165, 1.54) is 0 Å². The van der Waals surface area contributed by atoms with Gasteiger partial charge in [0.2, 0.25) is 5.91 Å². The summed E-state index contributed by atoms with van der Waals surface area (Å²) in [7, 11) is 1.99. The molecule has 1 aliphatic heterocycles. The molecule has 1 fully saturated rings. The number of carbonyl (C=O) groups is 1. The molecular weight excluding hydrogens is 202 g/mol. The van der Waals surface area contributed by atoms with Crippen molar-refractivity contribution in [2.75, 3.05) is 13.1 Å². The van der Waals surface area contributed by atoms with Gasteiger partial charge in [-0.2, -0.15) is 0 Å². The molecule has 0 spiro atoms. The number of nitrogens with zero attached hydrogens (tertiary/aromatic N) is 1. The number of nitrogens with one attached hydrogen (secondary N) is 2. The molecule has 16 heavy (non-hydrogen) atoms. The van der Waals surface area contributed by atoms with Gasteiger partial charge in [-0.05, 0) is 38.1 Å². The van der Waals surface area contributed by atoms with Crippen LogP contribution in [0.4, 0.5) is 0 Å². The lowest BCUT2D eigenvalue weighted by atomic mass is 9.97. The second-order valence-corrected chi connectivity index (χ2v) is 4.35. The summed E-state index contributed by atoms with van der Waals surface area (Å²) >= 11 is 0. The molecule has 1 aliphatic rings. The molecule has 0 atom stereocenters. The van der Waals surface area contributed by atoms with E-state index in [0.29, 0.717) is 6.54 Å². The molecule has 4 heteroatoms. The standard InChI is InChI=1S/C12H19N3O/c1-15-8-2-3-11(15)9-14-12(16)10-4-6-13-7-5-10/h2-3,8,10,13H,4-7,9H2,1H3,(H,14,16). The average Bonchev–Trinajstić information content (AvgIpc) is 2.73. The number of aromatic nitrogens is 1. The van der Waals surface area contributed by atoms with Crippen molar-refractivity contribution in [3.05, 3.63) is 24.0 Å². The molecule has 0 saturated carbocycles. The van der Waals surface area contributed by atoms with E-state index >= 15 is 0 Å². The maximum Gasteiger partial charge on any atom is 0.223 e. The van der Waals surface area contributed by atoms with Gasteiger partial charge in [0.1, 0.15) is 0 Å². The van der Waals surface area contributed by atoms with Crippen molar-refractivity contribution in [2.24, 2.45) is 13.0 Å². The van der Waals surface area contributed by atoms with E-state index < -0.39 is 0 Å². The lowest BCUT2D eigenvalue weighted by Crippen LogP contribution is -2.38. The molecule has 2 rings (SSSR count). The number of hydrogen-bond acceptors (Lipinski definition) is 2. The Morgan fingerprint density at radius 3 is 2.94 bits per heavy atom. The zero-order valence-corrected chi connectivity index (χ0v) is 9.70. The highest BCUT2D eigenvalue weighted by atomic mass is 16.1. The Labute approximate surface area is 96.0 Å². The molecule has 0 aromatic carbocycles. The minimum absolute atomic E-state index is 0.196. The quantitative estimate of drug-likeness (QED) is 0.787. The highest BCUT2D eigenvalue weighted by Crippen LogP contribution is 2.11. The third-order valence-electron chi connectivity index (χ3n) is 3.21. The molecule has 88 valence electrons. The Morgan fingerprint density at radius 1 is 1.56 bits per heavy atom. The second kappa shape index (κ2) is 5.16. The van der Waals surface area contributed by atoms with Crippen molar-refractivity contribution in [1.29, 1.82) is 0 Å². The van der Waals surface area contributed by atoms with Gasteiger partial charge in [-0.15, -0.1) is 0 Å². The van der Waals surface area contributed by atoms with Crippen LogP contribution in [0.2, 0.25) is 0 Å². The van der Waals surface area contributed by atoms with Gasteiger partial charge >= 0.3 is 0 Å². The summed E-state index contributed by atoms with van der Waals surface area (Å²) in [5, 5.41) is 6.27. The first-order valence-corrected chi connectivity index (χ1v) is 5.86. The van der Waals surface area contributed by atoms with Gasteiger partial charge in [0.25, 0.3) is 0 Å². The fraction of sp³-hybridized carbons (Fsp3) is 0.583. The summed E-state index contributed by atoms with van der Waals surface area (Å²) in [4.78, 5) is 11.9. The molecule has 2 N–H and O–H groups in total. The SMILES string of the molecule is Cn1cccc1CNC(=O)C1CCNCC1. The molecule has 0 radical (unpaired) electrons. The van der Waals surface area contributed by atoms with Crippen molar-refractivity contribution >= 4 is 5.91 Å². The smallest absolute Gasteiger partial charge is 0.223 e. The Hall–Kier alpha value is -1.29. The summed E-state index contributed by atoms with van der Waals surface area (Å²) in [6.45, 7) is 2.55. The fourth-order valence-electron chi connectivity index (χ4n) is 2.09. The summed E-state index contributed by atoms with van der Waals surface area (Å²) in [5.74, 6) is 0.393. The molecular formula is C12H19N3O. The summed E-state index contributed by atoms with van der Waals surface area (Å²) in [5.41, 5.74) is 1.14. The van der Waals surface area contributed by atoms with Crippen molar-refractivity contribution in [3.8, 4) is 0 Å². The van der Waals surface area contributed by atoms with Gasteiger partial charge < -0.3 is 15.2 Å². The van der Waals surface area contributed by atoms with Crippen molar-refractivity contribution < 1.29 is 4.79 Å². The molecule has 1 saturated heterocycles. The summed E-state index contributed by atoms with van der Waals surface area (Å²) < 4.78 is 2.03.